The van der Waals surface area contributed by atoms with Crippen molar-refractivity contribution in [3.05, 3.63) is 0 Å². The van der Waals surface area contributed by atoms with Crippen LogP contribution in [0.15, 0.2) is 0 Å². The van der Waals surface area contributed by atoms with Gasteiger partial charge in [0.15, 0.2) is 0 Å². The lowest BCUT2D eigenvalue weighted by atomic mass is 10.3. The number of alkyl halides is 2. The Kier molecular flexibility index (Phi) is 7.93. The van der Waals surface area contributed by atoms with E-state index >= 15 is 0 Å². The summed E-state index contributed by atoms with van der Waals surface area (Å²) in [6.45, 7) is 6.13. The highest BCUT2D eigenvalue weighted by atomic mass is 19.3. The van der Waals surface area contributed by atoms with Crippen molar-refractivity contribution in [3.8, 4) is 0 Å². The molecule has 0 fully saturated rings. The van der Waals surface area contributed by atoms with E-state index in [0.29, 0.717) is 6.54 Å². The lowest BCUT2D eigenvalue weighted by Gasteiger charge is -2.21. The summed E-state index contributed by atoms with van der Waals surface area (Å²) in [7, 11) is 0. The number of halogens is 2. The van der Waals surface area contributed by atoms with Gasteiger partial charge in [0.2, 0.25) is 0 Å². The highest BCUT2D eigenvalue weighted by molar-refractivity contribution is 4.65. The number of aliphatic hydroxyl groups excluding tert-OH is 1. The zero-order chi connectivity index (χ0) is 11.0. The minimum absolute atomic E-state index is 0.223. The quantitative estimate of drug-likeness (QED) is 0.614. The van der Waals surface area contributed by atoms with Gasteiger partial charge in [0.05, 0.1) is 12.6 Å². The first-order valence-electron chi connectivity index (χ1n) is 4.99. The van der Waals surface area contributed by atoms with Crippen LogP contribution in [0.5, 0.6) is 0 Å². The van der Waals surface area contributed by atoms with Crippen molar-refractivity contribution in [2.24, 2.45) is 0 Å². The Morgan fingerprint density at radius 1 is 1.21 bits per heavy atom. The molecule has 0 saturated heterocycles. The summed E-state index contributed by atoms with van der Waals surface area (Å²) in [6.07, 6.45) is -2.93. The van der Waals surface area contributed by atoms with Crippen molar-refractivity contribution in [2.75, 3.05) is 32.7 Å². The average Bonchev–Trinajstić information content (AvgIpc) is 2.13. The van der Waals surface area contributed by atoms with E-state index in [4.69, 9.17) is 0 Å². The Labute approximate surface area is 84.1 Å². The van der Waals surface area contributed by atoms with Crippen molar-refractivity contribution in [2.45, 2.75) is 26.4 Å². The van der Waals surface area contributed by atoms with E-state index in [-0.39, 0.29) is 13.1 Å². The highest BCUT2D eigenvalue weighted by Gasteiger charge is 2.09. The van der Waals surface area contributed by atoms with Crippen LogP contribution in [-0.2, 0) is 0 Å². The smallest absolute Gasteiger partial charge is 0.250 e. The van der Waals surface area contributed by atoms with E-state index in [1.54, 1.807) is 0 Å². The van der Waals surface area contributed by atoms with Gasteiger partial charge in [-0.2, -0.15) is 0 Å². The number of rotatable bonds is 8. The largest absolute Gasteiger partial charge is 0.390 e. The number of nitrogens with one attached hydrogen (secondary N) is 1. The summed E-state index contributed by atoms with van der Waals surface area (Å²) in [6, 6.07) is 0. The number of hydrogen-bond donors (Lipinski definition) is 2. The lowest BCUT2D eigenvalue weighted by Crippen LogP contribution is -2.39. The number of nitrogens with zero attached hydrogens (tertiary/aromatic N) is 1. The summed E-state index contributed by atoms with van der Waals surface area (Å²) in [4.78, 5) is 2.05. The second kappa shape index (κ2) is 8.08. The molecule has 14 heavy (non-hydrogen) atoms. The molecular formula is C9H20F2N2O. The van der Waals surface area contributed by atoms with Gasteiger partial charge >= 0.3 is 0 Å². The Bertz CT molecular complexity index is 132. The molecule has 0 spiro atoms. The van der Waals surface area contributed by atoms with E-state index in [1.807, 2.05) is 13.8 Å². The highest BCUT2D eigenvalue weighted by Crippen LogP contribution is 1.92. The topological polar surface area (TPSA) is 35.5 Å². The van der Waals surface area contributed by atoms with Crippen LogP contribution in [0.25, 0.3) is 0 Å². The minimum atomic E-state index is -2.35. The molecule has 0 aliphatic heterocycles. The Balaban J connectivity index is 3.48. The van der Waals surface area contributed by atoms with E-state index in [2.05, 4.69) is 10.2 Å². The molecule has 0 aromatic carbocycles. The fourth-order valence-electron chi connectivity index (χ4n) is 1.20. The van der Waals surface area contributed by atoms with Crippen molar-refractivity contribution < 1.29 is 13.9 Å². The molecule has 0 rings (SSSR count). The van der Waals surface area contributed by atoms with Gasteiger partial charge in [-0.25, -0.2) is 8.78 Å². The summed E-state index contributed by atoms with van der Waals surface area (Å²) >= 11 is 0. The van der Waals surface area contributed by atoms with Crippen LogP contribution in [0.2, 0.25) is 0 Å². The summed E-state index contributed by atoms with van der Waals surface area (Å²) < 4.78 is 23.5. The summed E-state index contributed by atoms with van der Waals surface area (Å²) in [5.41, 5.74) is 0. The second-order valence-corrected chi connectivity index (χ2v) is 3.19. The van der Waals surface area contributed by atoms with Crippen molar-refractivity contribution in [3.63, 3.8) is 0 Å². The molecule has 0 bridgehead atoms. The Hall–Kier alpha value is -0.260. The third-order valence-corrected chi connectivity index (χ3v) is 2.04. The molecule has 0 radical (unpaired) electrons. The van der Waals surface area contributed by atoms with Gasteiger partial charge in [0.25, 0.3) is 6.43 Å². The molecule has 3 nitrogen and oxygen atoms in total. The summed E-state index contributed by atoms with van der Waals surface area (Å²) in [5.74, 6) is 0. The molecule has 0 heterocycles. The molecule has 0 aliphatic carbocycles. The van der Waals surface area contributed by atoms with Crippen LogP contribution in [0.3, 0.4) is 0 Å². The van der Waals surface area contributed by atoms with E-state index in [9.17, 15) is 13.9 Å². The fourth-order valence-corrected chi connectivity index (χ4v) is 1.20. The number of likely N-dealkylation sites (N-methyl/N-ethyl adjacent to an activating group) is 1. The predicted molar refractivity (Wildman–Crippen MR) is 52.7 cm³/mol. The van der Waals surface area contributed by atoms with E-state index in [1.165, 1.54) is 0 Å². The zero-order valence-electron chi connectivity index (χ0n) is 8.84. The normalized spacial score (nSPS) is 13.9. The van der Waals surface area contributed by atoms with Crippen LogP contribution in [0.1, 0.15) is 13.8 Å². The fraction of sp³-hybridized carbons (Fsp3) is 1.00. The first-order valence-corrected chi connectivity index (χ1v) is 4.99. The second-order valence-electron chi connectivity index (χ2n) is 3.19. The maximum absolute atomic E-state index is 11.7. The van der Waals surface area contributed by atoms with Crippen LogP contribution in [-0.4, -0.2) is 55.3 Å². The molecule has 0 amide bonds. The molecule has 0 aromatic heterocycles. The molecule has 86 valence electrons. The van der Waals surface area contributed by atoms with Gasteiger partial charge < -0.3 is 15.3 Å². The Morgan fingerprint density at radius 3 is 2.21 bits per heavy atom. The first kappa shape index (κ1) is 13.7. The van der Waals surface area contributed by atoms with Crippen LogP contribution < -0.4 is 5.32 Å². The molecule has 5 heteroatoms. The first-order chi connectivity index (χ1) is 6.60. The molecule has 1 atom stereocenters. The molecule has 2 N–H and O–H groups in total. The molecule has 0 aliphatic rings. The molecule has 0 saturated carbocycles. The van der Waals surface area contributed by atoms with Gasteiger partial charge in [-0.3, -0.25) is 0 Å². The zero-order valence-corrected chi connectivity index (χ0v) is 8.84. The lowest BCUT2D eigenvalue weighted by molar-refractivity contribution is 0.103. The standard InChI is InChI=1S/C9H20F2N2O/c1-3-13(4-2)7-8(14)5-12-6-9(10)11/h8-9,12,14H,3-7H2,1-2H3. The maximum atomic E-state index is 11.7. The van der Waals surface area contributed by atoms with E-state index < -0.39 is 12.5 Å². The molecule has 0 aromatic rings. The van der Waals surface area contributed by atoms with Crippen molar-refractivity contribution in [1.29, 1.82) is 0 Å². The van der Waals surface area contributed by atoms with Crippen LogP contribution in [0, 0.1) is 0 Å². The third kappa shape index (κ3) is 7.17. The summed E-state index contributed by atoms with van der Waals surface area (Å²) in [5, 5.41) is 12.0. The number of aliphatic hydroxyl groups is 1. The van der Waals surface area contributed by atoms with Gasteiger partial charge in [0.1, 0.15) is 0 Å². The molecule has 1 unspecified atom stereocenters. The SMILES string of the molecule is CCN(CC)CC(O)CNCC(F)F. The third-order valence-electron chi connectivity index (χ3n) is 2.04. The molecular weight excluding hydrogens is 190 g/mol. The van der Waals surface area contributed by atoms with Crippen molar-refractivity contribution in [1.82, 2.24) is 10.2 Å². The van der Waals surface area contributed by atoms with Gasteiger partial charge in [-0.05, 0) is 13.1 Å². The Morgan fingerprint density at radius 2 is 1.79 bits per heavy atom. The van der Waals surface area contributed by atoms with Gasteiger partial charge in [0, 0.05) is 13.1 Å². The van der Waals surface area contributed by atoms with Crippen LogP contribution in [0.4, 0.5) is 8.78 Å². The van der Waals surface area contributed by atoms with Gasteiger partial charge in [-0.1, -0.05) is 13.8 Å². The van der Waals surface area contributed by atoms with E-state index in [0.717, 1.165) is 13.1 Å². The minimum Gasteiger partial charge on any atom is -0.390 e. The predicted octanol–water partition coefficient (Wildman–Crippen LogP) is 0.544. The van der Waals surface area contributed by atoms with Crippen molar-refractivity contribution >= 4 is 0 Å². The number of hydrogen-bond acceptors (Lipinski definition) is 3. The average molecular weight is 210 g/mol. The van der Waals surface area contributed by atoms with Gasteiger partial charge in [-0.15, -0.1) is 0 Å². The maximum Gasteiger partial charge on any atom is 0.250 e. The monoisotopic (exact) mass is 210 g/mol. The van der Waals surface area contributed by atoms with Crippen LogP contribution >= 0.6 is 0 Å².